The zero-order valence-corrected chi connectivity index (χ0v) is 17.4. The molecule has 3 N–H and O–H groups in total. The van der Waals surface area contributed by atoms with Gasteiger partial charge in [0.1, 0.15) is 0 Å². The first-order valence-corrected chi connectivity index (χ1v) is 10.7. The summed E-state index contributed by atoms with van der Waals surface area (Å²) in [7, 11) is -3.51. The Bertz CT molecular complexity index is 951. The number of aryl methyl sites for hydroxylation is 1. The Kier molecular flexibility index (Phi) is 7.86. The Morgan fingerprint density at radius 1 is 1.07 bits per heavy atom. The highest BCUT2D eigenvalue weighted by Gasteiger charge is 2.12. The van der Waals surface area contributed by atoms with E-state index in [9.17, 15) is 13.2 Å². The number of anilines is 1. The van der Waals surface area contributed by atoms with Crippen molar-refractivity contribution in [1.82, 2.24) is 10.0 Å². The van der Waals surface area contributed by atoms with Gasteiger partial charge in [-0.2, -0.15) is 0 Å². The van der Waals surface area contributed by atoms with Gasteiger partial charge in [0.25, 0.3) is 0 Å². The molecule has 0 atom stereocenters. The summed E-state index contributed by atoms with van der Waals surface area (Å²) in [5.74, 6) is -0.360. The highest BCUT2D eigenvalue weighted by molar-refractivity contribution is 7.89. The number of rotatable bonds is 7. The summed E-state index contributed by atoms with van der Waals surface area (Å²) in [5.41, 5.74) is 2.63. The van der Waals surface area contributed by atoms with Crippen LogP contribution < -0.4 is 15.4 Å². The second-order valence-electron chi connectivity index (χ2n) is 6.11. The Morgan fingerprint density at radius 3 is 2.32 bits per heavy atom. The van der Waals surface area contributed by atoms with Gasteiger partial charge in [-0.25, -0.2) is 13.1 Å². The lowest BCUT2D eigenvalue weighted by atomic mass is 10.1. The number of sulfonamides is 1. The van der Waals surface area contributed by atoms with E-state index < -0.39 is 10.0 Å². The van der Waals surface area contributed by atoms with Gasteiger partial charge >= 0.3 is 0 Å². The van der Waals surface area contributed by atoms with Crippen molar-refractivity contribution in [3.05, 3.63) is 65.7 Å². The molecule has 2 rings (SSSR count). The van der Waals surface area contributed by atoms with Crippen LogP contribution in [0.2, 0.25) is 0 Å². The minimum Gasteiger partial charge on any atom is -0.332 e. The number of hydrogen-bond donors (Lipinski definition) is 3. The van der Waals surface area contributed by atoms with Gasteiger partial charge in [0.15, 0.2) is 5.11 Å². The first-order valence-electron chi connectivity index (χ1n) is 8.76. The van der Waals surface area contributed by atoms with Gasteiger partial charge in [-0.1, -0.05) is 36.8 Å². The van der Waals surface area contributed by atoms with Gasteiger partial charge in [-0.05, 0) is 61.5 Å². The van der Waals surface area contributed by atoms with E-state index in [2.05, 4.69) is 15.4 Å². The lowest BCUT2D eigenvalue weighted by Gasteiger charge is -2.10. The molecule has 1 amide bonds. The average molecular weight is 418 g/mol. The van der Waals surface area contributed by atoms with Crippen molar-refractivity contribution >= 4 is 45.0 Å². The van der Waals surface area contributed by atoms with Gasteiger partial charge < -0.3 is 5.32 Å². The second-order valence-corrected chi connectivity index (χ2v) is 8.28. The molecule has 0 fully saturated rings. The Morgan fingerprint density at radius 2 is 1.71 bits per heavy atom. The number of amides is 1. The van der Waals surface area contributed by atoms with E-state index in [-0.39, 0.29) is 15.9 Å². The summed E-state index contributed by atoms with van der Waals surface area (Å²) in [6.45, 7) is 4.27. The topological polar surface area (TPSA) is 87.3 Å². The molecule has 0 saturated carbocycles. The third-order valence-electron chi connectivity index (χ3n) is 3.71. The van der Waals surface area contributed by atoms with E-state index in [1.807, 2.05) is 38.1 Å². The van der Waals surface area contributed by atoms with Crippen molar-refractivity contribution in [2.75, 3.05) is 11.9 Å². The number of carbonyl (C=O) groups is 1. The summed E-state index contributed by atoms with van der Waals surface area (Å²) in [5, 5.41) is 5.52. The first-order chi connectivity index (χ1) is 13.3. The fourth-order valence-corrected chi connectivity index (χ4v) is 3.55. The molecule has 0 unspecified atom stereocenters. The first kappa shape index (κ1) is 21.7. The molecule has 148 valence electrons. The molecule has 6 nitrogen and oxygen atoms in total. The number of benzene rings is 2. The van der Waals surface area contributed by atoms with E-state index in [0.717, 1.165) is 11.1 Å². The van der Waals surface area contributed by atoms with Crippen LogP contribution in [-0.4, -0.2) is 26.0 Å². The van der Waals surface area contributed by atoms with Crippen LogP contribution >= 0.6 is 12.2 Å². The summed E-state index contributed by atoms with van der Waals surface area (Å²) in [6, 6.07) is 13.9. The average Bonchev–Trinajstić information content (AvgIpc) is 2.66. The van der Waals surface area contributed by atoms with Crippen LogP contribution in [0.25, 0.3) is 6.08 Å². The van der Waals surface area contributed by atoms with Crippen molar-refractivity contribution in [1.29, 1.82) is 0 Å². The van der Waals surface area contributed by atoms with Crippen molar-refractivity contribution in [2.45, 2.75) is 25.2 Å². The van der Waals surface area contributed by atoms with Crippen molar-refractivity contribution in [3.8, 4) is 0 Å². The molecule has 0 bridgehead atoms. The predicted molar refractivity (Wildman–Crippen MR) is 116 cm³/mol. The number of carbonyl (C=O) groups excluding carboxylic acids is 1. The van der Waals surface area contributed by atoms with Crippen LogP contribution in [0.1, 0.15) is 24.5 Å². The van der Waals surface area contributed by atoms with E-state index in [4.69, 9.17) is 12.2 Å². The van der Waals surface area contributed by atoms with Gasteiger partial charge in [0.2, 0.25) is 15.9 Å². The molecular formula is C20H23N3O3S2. The van der Waals surface area contributed by atoms with Gasteiger partial charge in [0.05, 0.1) is 4.90 Å². The number of thiocarbonyl (C=S) groups is 1. The molecular weight excluding hydrogens is 394 g/mol. The molecule has 28 heavy (non-hydrogen) atoms. The lowest BCUT2D eigenvalue weighted by Crippen LogP contribution is -2.32. The van der Waals surface area contributed by atoms with E-state index >= 15 is 0 Å². The Balaban J connectivity index is 1.90. The predicted octanol–water partition coefficient (Wildman–Crippen LogP) is 3.21. The molecule has 0 aliphatic carbocycles. The van der Waals surface area contributed by atoms with E-state index in [1.165, 1.54) is 18.2 Å². The molecule has 0 saturated heterocycles. The maximum Gasteiger partial charge on any atom is 0.250 e. The normalized spacial score (nSPS) is 11.4. The van der Waals surface area contributed by atoms with Gasteiger partial charge in [-0.15, -0.1) is 0 Å². The monoisotopic (exact) mass is 417 g/mol. The zero-order valence-electron chi connectivity index (χ0n) is 15.7. The molecule has 0 aliphatic heterocycles. The van der Waals surface area contributed by atoms with Crippen molar-refractivity contribution in [2.24, 2.45) is 0 Å². The molecule has 2 aromatic carbocycles. The third-order valence-corrected chi connectivity index (χ3v) is 5.39. The molecule has 8 heteroatoms. The fraction of sp³-hybridized carbons (Fsp3) is 0.200. The molecule has 0 aromatic heterocycles. The van der Waals surface area contributed by atoms with Crippen LogP contribution in [0, 0.1) is 6.92 Å². The molecule has 2 aromatic rings. The maximum atomic E-state index is 12.1. The fourth-order valence-electron chi connectivity index (χ4n) is 2.20. The SMILES string of the molecule is CCCNS(=O)(=O)c1ccc(NC(=S)NC(=O)/C=C/c2ccc(C)cc2)cc1. The smallest absolute Gasteiger partial charge is 0.250 e. The standard InChI is InChI=1S/C20H23N3O3S2/c1-3-14-21-28(25,26)18-11-9-17(10-12-18)22-20(27)23-19(24)13-8-16-6-4-15(2)5-7-16/h4-13,21H,3,14H2,1-2H3,(H2,22,23,24,27)/b13-8+. The van der Waals surface area contributed by atoms with Gasteiger partial charge in [0, 0.05) is 18.3 Å². The zero-order chi connectivity index (χ0) is 20.6. The second kappa shape index (κ2) is 10.1. The molecule has 0 heterocycles. The minimum absolute atomic E-state index is 0.123. The van der Waals surface area contributed by atoms with Crippen LogP contribution in [0.3, 0.4) is 0 Å². The Hall–Kier alpha value is -2.55. The maximum absolute atomic E-state index is 12.1. The van der Waals surface area contributed by atoms with Crippen molar-refractivity contribution < 1.29 is 13.2 Å². The van der Waals surface area contributed by atoms with Gasteiger partial charge in [-0.3, -0.25) is 10.1 Å². The third kappa shape index (κ3) is 6.88. The molecule has 0 spiro atoms. The summed E-state index contributed by atoms with van der Waals surface area (Å²) < 4.78 is 26.6. The van der Waals surface area contributed by atoms with E-state index in [0.29, 0.717) is 18.7 Å². The number of nitrogens with one attached hydrogen (secondary N) is 3. The van der Waals surface area contributed by atoms with Crippen molar-refractivity contribution in [3.63, 3.8) is 0 Å². The van der Waals surface area contributed by atoms with Crippen LogP contribution in [0.5, 0.6) is 0 Å². The highest BCUT2D eigenvalue weighted by atomic mass is 32.2. The summed E-state index contributed by atoms with van der Waals surface area (Å²) in [4.78, 5) is 12.1. The quantitative estimate of drug-likeness (QED) is 0.476. The Labute approximate surface area is 171 Å². The molecule has 0 radical (unpaired) electrons. The van der Waals surface area contributed by atoms with Crippen LogP contribution in [0.15, 0.2) is 59.5 Å². The highest BCUT2D eigenvalue weighted by Crippen LogP contribution is 2.14. The van der Waals surface area contributed by atoms with E-state index in [1.54, 1.807) is 18.2 Å². The number of hydrogen-bond acceptors (Lipinski definition) is 4. The summed E-state index contributed by atoms with van der Waals surface area (Å²) >= 11 is 5.12. The minimum atomic E-state index is -3.51. The van der Waals surface area contributed by atoms with Crippen LogP contribution in [0.4, 0.5) is 5.69 Å². The lowest BCUT2D eigenvalue weighted by molar-refractivity contribution is -0.115. The van der Waals surface area contributed by atoms with Crippen LogP contribution in [-0.2, 0) is 14.8 Å². The molecule has 0 aliphatic rings. The largest absolute Gasteiger partial charge is 0.332 e. The summed E-state index contributed by atoms with van der Waals surface area (Å²) in [6.07, 6.45) is 3.80.